The van der Waals surface area contributed by atoms with Gasteiger partial charge in [0.15, 0.2) is 0 Å². The fourth-order valence-electron chi connectivity index (χ4n) is 1.13. The molecule has 90 valence electrons. The Bertz CT molecular complexity index is 249. The van der Waals surface area contributed by atoms with Crippen molar-refractivity contribution in [3.05, 3.63) is 36.6 Å². The lowest BCUT2D eigenvalue weighted by Crippen LogP contribution is -1.89. The third-order valence-corrected chi connectivity index (χ3v) is 1.94. The maximum absolute atomic E-state index is 10.4. The Balaban J connectivity index is 3.27. The molecule has 0 radical (unpaired) electrons. The van der Waals surface area contributed by atoms with E-state index < -0.39 is 0 Å². The van der Waals surface area contributed by atoms with Crippen LogP contribution in [0.15, 0.2) is 36.6 Å². The number of esters is 1. The fourth-order valence-corrected chi connectivity index (χ4v) is 1.13. The molecular weight excluding hydrogens is 200 g/mol. The highest BCUT2D eigenvalue weighted by Gasteiger charge is 1.86. The number of allylic oxidation sites excluding steroid dienone is 5. The van der Waals surface area contributed by atoms with Crippen LogP contribution in [-0.2, 0) is 9.53 Å². The van der Waals surface area contributed by atoms with Crippen LogP contribution in [0.3, 0.4) is 0 Å². The van der Waals surface area contributed by atoms with E-state index in [0.717, 1.165) is 25.7 Å². The molecule has 0 atom stereocenters. The molecule has 0 aromatic rings. The Labute approximate surface area is 98.7 Å². The van der Waals surface area contributed by atoms with Gasteiger partial charge in [-0.25, -0.2) is 0 Å². The van der Waals surface area contributed by atoms with E-state index in [2.05, 4.69) is 36.0 Å². The van der Waals surface area contributed by atoms with Gasteiger partial charge in [-0.15, -0.1) is 0 Å². The van der Waals surface area contributed by atoms with Crippen molar-refractivity contribution in [2.75, 3.05) is 0 Å². The molecule has 0 spiro atoms. The van der Waals surface area contributed by atoms with Crippen molar-refractivity contribution in [2.45, 2.75) is 46.0 Å². The van der Waals surface area contributed by atoms with E-state index in [1.807, 2.05) is 6.08 Å². The summed E-state index contributed by atoms with van der Waals surface area (Å²) in [5.74, 6) is -0.262. The van der Waals surface area contributed by atoms with E-state index in [9.17, 15) is 4.79 Å². The van der Waals surface area contributed by atoms with Crippen LogP contribution >= 0.6 is 0 Å². The molecule has 0 aliphatic heterocycles. The Morgan fingerprint density at radius 3 is 2.31 bits per heavy atom. The number of carbonyl (C=O) groups is 1. The van der Waals surface area contributed by atoms with Crippen molar-refractivity contribution in [3.8, 4) is 0 Å². The summed E-state index contributed by atoms with van der Waals surface area (Å²) in [7, 11) is 0. The predicted molar refractivity (Wildman–Crippen MR) is 67.9 cm³/mol. The number of ether oxygens (including phenoxy) is 1. The molecule has 2 nitrogen and oxygen atoms in total. The van der Waals surface area contributed by atoms with Crippen molar-refractivity contribution in [3.63, 3.8) is 0 Å². The minimum absolute atomic E-state index is 0.262. The van der Waals surface area contributed by atoms with Crippen molar-refractivity contribution >= 4 is 5.97 Å². The molecule has 16 heavy (non-hydrogen) atoms. The Kier molecular flexibility index (Phi) is 10.8. The molecule has 0 bridgehead atoms. The third-order valence-electron chi connectivity index (χ3n) is 1.94. The highest BCUT2D eigenvalue weighted by molar-refractivity contribution is 5.66. The quantitative estimate of drug-likeness (QED) is 0.267. The molecule has 0 aromatic carbocycles. The van der Waals surface area contributed by atoms with Crippen LogP contribution in [0.5, 0.6) is 0 Å². The van der Waals surface area contributed by atoms with E-state index in [1.54, 1.807) is 0 Å². The van der Waals surface area contributed by atoms with Crippen LogP contribution < -0.4 is 0 Å². The topological polar surface area (TPSA) is 26.3 Å². The van der Waals surface area contributed by atoms with Gasteiger partial charge in [0.1, 0.15) is 0 Å². The van der Waals surface area contributed by atoms with Crippen LogP contribution in [0, 0.1) is 0 Å². The first kappa shape index (κ1) is 14.7. The summed E-state index contributed by atoms with van der Waals surface area (Å²) in [5, 5.41) is 0. The Morgan fingerprint density at radius 1 is 1.06 bits per heavy atom. The van der Waals surface area contributed by atoms with Crippen LogP contribution in [0.1, 0.15) is 46.0 Å². The average molecular weight is 222 g/mol. The lowest BCUT2D eigenvalue weighted by molar-refractivity contribution is -0.135. The smallest absolute Gasteiger partial charge is 0.307 e. The zero-order valence-electron chi connectivity index (χ0n) is 10.3. The lowest BCUT2D eigenvalue weighted by atomic mass is 10.2. The van der Waals surface area contributed by atoms with E-state index in [0.29, 0.717) is 0 Å². The molecule has 0 rings (SSSR count). The van der Waals surface area contributed by atoms with Gasteiger partial charge in [0.2, 0.25) is 0 Å². The summed E-state index contributed by atoms with van der Waals surface area (Å²) in [6, 6.07) is 0. The number of rotatable bonds is 8. The maximum atomic E-state index is 10.4. The van der Waals surface area contributed by atoms with Crippen molar-refractivity contribution in [2.24, 2.45) is 0 Å². The van der Waals surface area contributed by atoms with Gasteiger partial charge in [0.25, 0.3) is 0 Å². The normalized spacial score (nSPS) is 11.9. The van der Waals surface area contributed by atoms with E-state index in [-0.39, 0.29) is 5.97 Å². The summed E-state index contributed by atoms with van der Waals surface area (Å²) < 4.78 is 4.67. The minimum Gasteiger partial charge on any atom is -0.435 e. The van der Waals surface area contributed by atoms with Gasteiger partial charge in [0, 0.05) is 6.92 Å². The van der Waals surface area contributed by atoms with Crippen molar-refractivity contribution in [1.29, 1.82) is 0 Å². The summed E-state index contributed by atoms with van der Waals surface area (Å²) in [6.07, 6.45) is 17.3. The zero-order chi connectivity index (χ0) is 12.1. The van der Waals surface area contributed by atoms with Gasteiger partial charge in [-0.3, -0.25) is 4.79 Å². The van der Waals surface area contributed by atoms with Crippen LogP contribution in [0.25, 0.3) is 0 Å². The van der Waals surface area contributed by atoms with Gasteiger partial charge >= 0.3 is 5.97 Å². The van der Waals surface area contributed by atoms with Gasteiger partial charge < -0.3 is 4.74 Å². The summed E-state index contributed by atoms with van der Waals surface area (Å²) >= 11 is 0. The molecule has 0 heterocycles. The first-order valence-corrected chi connectivity index (χ1v) is 5.91. The number of hydrogen-bond donors (Lipinski definition) is 0. The molecule has 0 amide bonds. The van der Waals surface area contributed by atoms with Crippen LogP contribution in [-0.4, -0.2) is 5.97 Å². The molecule has 0 saturated heterocycles. The second-order valence-corrected chi connectivity index (χ2v) is 3.53. The molecule has 0 aliphatic carbocycles. The SMILES string of the molecule is CC/C=C/C=C/CCCC/C=C/OC(C)=O. The van der Waals surface area contributed by atoms with Crippen molar-refractivity contribution < 1.29 is 9.53 Å². The van der Waals surface area contributed by atoms with E-state index >= 15 is 0 Å². The highest BCUT2D eigenvalue weighted by Crippen LogP contribution is 2.02. The molecule has 0 unspecified atom stereocenters. The molecule has 0 saturated carbocycles. The van der Waals surface area contributed by atoms with E-state index in [1.165, 1.54) is 19.6 Å². The van der Waals surface area contributed by atoms with Crippen molar-refractivity contribution in [1.82, 2.24) is 0 Å². The molecule has 0 aromatic heterocycles. The Hall–Kier alpha value is -1.31. The number of hydrogen-bond acceptors (Lipinski definition) is 2. The summed E-state index contributed by atoms with van der Waals surface area (Å²) in [6.45, 7) is 3.53. The molecule has 0 fully saturated rings. The average Bonchev–Trinajstić information content (AvgIpc) is 2.25. The highest BCUT2D eigenvalue weighted by atomic mass is 16.5. The second-order valence-electron chi connectivity index (χ2n) is 3.53. The number of carbonyl (C=O) groups excluding carboxylic acids is 1. The van der Waals surface area contributed by atoms with Crippen LogP contribution in [0.2, 0.25) is 0 Å². The maximum Gasteiger partial charge on any atom is 0.307 e. The molecule has 2 heteroatoms. The zero-order valence-corrected chi connectivity index (χ0v) is 10.3. The first-order chi connectivity index (χ1) is 7.77. The van der Waals surface area contributed by atoms with Gasteiger partial charge in [0.05, 0.1) is 6.26 Å². The monoisotopic (exact) mass is 222 g/mol. The predicted octanol–water partition coefficient (Wildman–Crippen LogP) is 4.15. The Morgan fingerprint density at radius 2 is 1.69 bits per heavy atom. The minimum atomic E-state index is -0.262. The van der Waals surface area contributed by atoms with Gasteiger partial charge in [-0.1, -0.05) is 31.2 Å². The van der Waals surface area contributed by atoms with Gasteiger partial charge in [-0.2, -0.15) is 0 Å². The molecule has 0 N–H and O–H groups in total. The van der Waals surface area contributed by atoms with Gasteiger partial charge in [-0.05, 0) is 38.2 Å². The largest absolute Gasteiger partial charge is 0.435 e. The second kappa shape index (κ2) is 11.8. The lowest BCUT2D eigenvalue weighted by Gasteiger charge is -1.93. The standard InChI is InChI=1S/C14H22O2/c1-3-4-5-6-7-8-9-10-11-12-13-16-14(2)15/h4-7,12-13H,3,8-11H2,1-2H3/b5-4+,7-6+,13-12+. The first-order valence-electron chi connectivity index (χ1n) is 5.91. The third kappa shape index (κ3) is 12.7. The number of unbranched alkanes of at least 4 members (excludes halogenated alkanes) is 3. The van der Waals surface area contributed by atoms with E-state index in [4.69, 9.17) is 0 Å². The molecule has 0 aliphatic rings. The summed E-state index contributed by atoms with van der Waals surface area (Å²) in [5.41, 5.74) is 0. The fraction of sp³-hybridized carbons (Fsp3) is 0.500. The molecular formula is C14H22O2. The summed E-state index contributed by atoms with van der Waals surface area (Å²) in [4.78, 5) is 10.4. The van der Waals surface area contributed by atoms with Crippen LogP contribution in [0.4, 0.5) is 0 Å².